The van der Waals surface area contributed by atoms with Crippen molar-refractivity contribution in [1.29, 1.82) is 0 Å². The number of imide groups is 1. The zero-order valence-corrected chi connectivity index (χ0v) is 16.0. The number of halogens is 2. The van der Waals surface area contributed by atoms with Gasteiger partial charge >= 0.3 is 6.03 Å². The topological polar surface area (TPSA) is 78.5 Å². The fourth-order valence-electron chi connectivity index (χ4n) is 2.82. The molecule has 1 atom stereocenters. The Labute approximate surface area is 166 Å². The molecule has 1 heterocycles. The van der Waals surface area contributed by atoms with Crippen LogP contribution in [0.15, 0.2) is 42.5 Å². The number of hydrogen-bond donors (Lipinski definition) is 2. The molecule has 1 saturated heterocycles. The monoisotopic (exact) mass is 405 g/mol. The van der Waals surface area contributed by atoms with Crippen molar-refractivity contribution in [3.8, 4) is 0 Å². The zero-order chi connectivity index (χ0) is 19.6. The number of hydrogen-bond acceptors (Lipinski definition) is 3. The molecule has 0 bridgehead atoms. The summed E-state index contributed by atoms with van der Waals surface area (Å²) in [6.07, 6.45) is 0. The van der Waals surface area contributed by atoms with Crippen LogP contribution in [0.4, 0.5) is 4.79 Å². The van der Waals surface area contributed by atoms with E-state index >= 15 is 0 Å². The maximum atomic E-state index is 12.6. The van der Waals surface area contributed by atoms with E-state index in [-0.39, 0.29) is 30.9 Å². The van der Waals surface area contributed by atoms with Crippen LogP contribution < -0.4 is 10.6 Å². The molecular weight excluding hydrogens is 389 g/mol. The molecule has 0 spiro atoms. The lowest BCUT2D eigenvalue weighted by Gasteiger charge is -2.17. The molecule has 4 amide bonds. The molecule has 2 N–H and O–H groups in total. The Bertz CT molecular complexity index is 901. The van der Waals surface area contributed by atoms with Gasteiger partial charge in [0.05, 0.1) is 19.1 Å². The second-order valence-corrected chi connectivity index (χ2v) is 7.04. The van der Waals surface area contributed by atoms with Gasteiger partial charge in [0.2, 0.25) is 5.91 Å². The molecule has 0 radical (unpaired) electrons. The van der Waals surface area contributed by atoms with E-state index in [4.69, 9.17) is 23.2 Å². The van der Waals surface area contributed by atoms with Crippen LogP contribution in [0, 0.1) is 0 Å². The summed E-state index contributed by atoms with van der Waals surface area (Å²) in [6.45, 7) is 1.94. The van der Waals surface area contributed by atoms with Crippen LogP contribution in [-0.4, -0.2) is 29.3 Å². The molecule has 1 fully saturated rings. The van der Waals surface area contributed by atoms with Crippen LogP contribution >= 0.6 is 23.2 Å². The summed E-state index contributed by atoms with van der Waals surface area (Å²) in [5, 5.41) is 6.35. The Balaban J connectivity index is 1.71. The number of amides is 4. The van der Waals surface area contributed by atoms with E-state index in [1.807, 2.05) is 6.92 Å². The molecule has 0 aliphatic carbocycles. The highest BCUT2D eigenvalue weighted by Gasteiger charge is 2.28. The maximum Gasteiger partial charge on any atom is 0.324 e. The fraction of sp³-hybridized carbons (Fsp3) is 0.211. The van der Waals surface area contributed by atoms with Crippen LogP contribution in [-0.2, 0) is 11.3 Å². The van der Waals surface area contributed by atoms with Crippen LogP contribution in [0.3, 0.4) is 0 Å². The Hall–Kier alpha value is -2.57. The first kappa shape index (κ1) is 19.2. The Kier molecular flexibility index (Phi) is 5.68. The predicted molar refractivity (Wildman–Crippen MR) is 103 cm³/mol. The summed E-state index contributed by atoms with van der Waals surface area (Å²) in [6, 6.07) is 11.1. The molecular formula is C19H17Cl2N3O3. The normalized spacial score (nSPS) is 14.9. The van der Waals surface area contributed by atoms with Crippen LogP contribution in [0.1, 0.15) is 34.5 Å². The van der Waals surface area contributed by atoms with E-state index in [1.165, 1.54) is 0 Å². The smallest absolute Gasteiger partial charge is 0.324 e. The van der Waals surface area contributed by atoms with Crippen molar-refractivity contribution >= 4 is 41.0 Å². The van der Waals surface area contributed by atoms with Crippen molar-refractivity contribution in [1.82, 2.24) is 15.5 Å². The summed E-state index contributed by atoms with van der Waals surface area (Å²) in [5.41, 5.74) is 1.87. The minimum Gasteiger partial charge on any atom is -0.345 e. The first-order valence-corrected chi connectivity index (χ1v) is 9.03. The van der Waals surface area contributed by atoms with E-state index < -0.39 is 6.03 Å². The fourth-order valence-corrected chi connectivity index (χ4v) is 3.39. The molecule has 0 unspecified atom stereocenters. The minimum atomic E-state index is -0.430. The van der Waals surface area contributed by atoms with Crippen LogP contribution in [0.2, 0.25) is 10.0 Å². The average Bonchev–Trinajstić information content (AvgIpc) is 2.93. The van der Waals surface area contributed by atoms with Crippen LogP contribution in [0.25, 0.3) is 0 Å². The van der Waals surface area contributed by atoms with E-state index in [0.29, 0.717) is 21.2 Å². The van der Waals surface area contributed by atoms with Gasteiger partial charge in [-0.2, -0.15) is 0 Å². The van der Waals surface area contributed by atoms with Gasteiger partial charge in [-0.1, -0.05) is 41.4 Å². The van der Waals surface area contributed by atoms with Gasteiger partial charge in [-0.3, -0.25) is 14.5 Å². The molecule has 0 saturated carbocycles. The molecule has 8 heteroatoms. The van der Waals surface area contributed by atoms with Crippen LogP contribution in [0.5, 0.6) is 0 Å². The van der Waals surface area contributed by atoms with Gasteiger partial charge in [-0.05, 0) is 42.3 Å². The third-order valence-corrected chi connectivity index (χ3v) is 4.81. The maximum absolute atomic E-state index is 12.6. The highest BCUT2D eigenvalue weighted by atomic mass is 35.5. The standard InChI is InChI=1S/C19H17Cl2N3O3/c1-11(15-6-5-14(20)8-16(15)21)23-18(26)13-4-2-3-12(7-13)10-24-17(25)9-22-19(24)27/h2-8,11H,9-10H2,1H3,(H,22,27)(H,23,26)/t11-/m0/s1. The van der Waals surface area contributed by atoms with Crippen molar-refractivity contribution in [3.63, 3.8) is 0 Å². The molecule has 27 heavy (non-hydrogen) atoms. The zero-order valence-electron chi connectivity index (χ0n) is 14.5. The number of benzene rings is 2. The second-order valence-electron chi connectivity index (χ2n) is 6.20. The van der Waals surface area contributed by atoms with Gasteiger partial charge in [0, 0.05) is 15.6 Å². The number of urea groups is 1. The first-order chi connectivity index (χ1) is 12.8. The Morgan fingerprint density at radius 2 is 2.00 bits per heavy atom. The third kappa shape index (κ3) is 4.40. The highest BCUT2D eigenvalue weighted by molar-refractivity contribution is 6.35. The lowest BCUT2D eigenvalue weighted by Crippen LogP contribution is -2.30. The lowest BCUT2D eigenvalue weighted by molar-refractivity contribution is -0.125. The lowest BCUT2D eigenvalue weighted by atomic mass is 10.1. The van der Waals surface area contributed by atoms with Gasteiger partial charge in [0.15, 0.2) is 0 Å². The number of carbonyl (C=O) groups excluding carboxylic acids is 3. The van der Waals surface area contributed by atoms with E-state index in [2.05, 4.69) is 10.6 Å². The van der Waals surface area contributed by atoms with E-state index in [1.54, 1.807) is 42.5 Å². The van der Waals surface area contributed by atoms with E-state index in [0.717, 1.165) is 10.5 Å². The van der Waals surface area contributed by atoms with Crippen molar-refractivity contribution in [2.75, 3.05) is 6.54 Å². The largest absolute Gasteiger partial charge is 0.345 e. The number of nitrogens with zero attached hydrogens (tertiary/aromatic N) is 1. The van der Waals surface area contributed by atoms with Crippen molar-refractivity contribution in [2.24, 2.45) is 0 Å². The second kappa shape index (κ2) is 7.98. The summed E-state index contributed by atoms with van der Waals surface area (Å²) < 4.78 is 0. The number of rotatable bonds is 5. The average molecular weight is 406 g/mol. The molecule has 2 aromatic rings. The quantitative estimate of drug-likeness (QED) is 0.746. The summed E-state index contributed by atoms with van der Waals surface area (Å²) >= 11 is 12.1. The van der Waals surface area contributed by atoms with Gasteiger partial charge < -0.3 is 10.6 Å². The van der Waals surface area contributed by atoms with Gasteiger partial charge in [0.1, 0.15) is 0 Å². The highest BCUT2D eigenvalue weighted by Crippen LogP contribution is 2.26. The van der Waals surface area contributed by atoms with Crippen molar-refractivity contribution in [2.45, 2.75) is 19.5 Å². The minimum absolute atomic E-state index is 0.00161. The molecule has 0 aromatic heterocycles. The van der Waals surface area contributed by atoms with Crippen molar-refractivity contribution in [3.05, 3.63) is 69.2 Å². The number of nitrogens with one attached hydrogen (secondary N) is 2. The summed E-state index contributed by atoms with van der Waals surface area (Å²) in [4.78, 5) is 37.1. The molecule has 3 rings (SSSR count). The Morgan fingerprint density at radius 3 is 2.67 bits per heavy atom. The number of carbonyl (C=O) groups is 3. The third-order valence-electron chi connectivity index (χ3n) is 4.24. The first-order valence-electron chi connectivity index (χ1n) is 8.28. The molecule has 140 valence electrons. The molecule has 1 aliphatic heterocycles. The van der Waals surface area contributed by atoms with E-state index in [9.17, 15) is 14.4 Å². The SMILES string of the molecule is C[C@H](NC(=O)c1cccc(CN2C(=O)CNC2=O)c1)c1ccc(Cl)cc1Cl. The van der Waals surface area contributed by atoms with Gasteiger partial charge in [-0.15, -0.1) is 0 Å². The molecule has 1 aliphatic rings. The van der Waals surface area contributed by atoms with Gasteiger partial charge in [-0.25, -0.2) is 4.79 Å². The summed E-state index contributed by atoms with van der Waals surface area (Å²) in [5.74, 6) is -0.576. The van der Waals surface area contributed by atoms with Crippen molar-refractivity contribution < 1.29 is 14.4 Å². The summed E-state index contributed by atoms with van der Waals surface area (Å²) in [7, 11) is 0. The Morgan fingerprint density at radius 1 is 1.22 bits per heavy atom. The molecule has 6 nitrogen and oxygen atoms in total. The van der Waals surface area contributed by atoms with Gasteiger partial charge in [0.25, 0.3) is 5.91 Å². The molecule has 2 aromatic carbocycles. The predicted octanol–water partition coefficient (Wildman–Crippen LogP) is 3.54.